The summed E-state index contributed by atoms with van der Waals surface area (Å²) in [7, 11) is -3.68. The molecule has 0 aliphatic carbocycles. The number of nitrogens with one attached hydrogen (secondary N) is 1. The average molecular weight is 750 g/mol. The van der Waals surface area contributed by atoms with E-state index in [-0.39, 0.29) is 48.8 Å². The molecule has 1 saturated heterocycles. The van der Waals surface area contributed by atoms with Crippen LogP contribution in [0.15, 0.2) is 95.8 Å². The van der Waals surface area contributed by atoms with Crippen LogP contribution >= 0.6 is 0 Å². The summed E-state index contributed by atoms with van der Waals surface area (Å²) in [6.07, 6.45) is -0.768. The van der Waals surface area contributed by atoms with Gasteiger partial charge in [-0.05, 0) is 66.5 Å². The topological polar surface area (TPSA) is 151 Å². The zero-order valence-corrected chi connectivity index (χ0v) is 31.1. The Morgan fingerprint density at radius 3 is 2.50 bits per heavy atom. The number of nitrogens with zero attached hydrogens (tertiary/aromatic N) is 4. The molecule has 3 aliphatic rings. The fourth-order valence-electron chi connectivity index (χ4n) is 9.05. The molecule has 0 saturated carbocycles. The number of aliphatic hydroxyl groups excluding tert-OH is 1. The van der Waals surface area contributed by atoms with Crippen LogP contribution in [-0.4, -0.2) is 63.7 Å². The molecule has 278 valence electrons. The number of benzene rings is 4. The molecular formula is C40H40FN5O7Si. The summed E-state index contributed by atoms with van der Waals surface area (Å²) in [5.41, 5.74) is 1.46. The van der Waals surface area contributed by atoms with Crippen molar-refractivity contribution in [2.45, 2.75) is 69.2 Å². The fourth-order valence-corrected chi connectivity index (χ4v) is 11.5. The molecule has 4 aromatic carbocycles. The van der Waals surface area contributed by atoms with E-state index in [1.54, 1.807) is 42.2 Å². The lowest BCUT2D eigenvalue weighted by molar-refractivity contribution is -0.385. The Bertz CT molecular complexity index is 2390. The van der Waals surface area contributed by atoms with Crippen molar-refractivity contribution < 1.29 is 28.5 Å². The first kappa shape index (κ1) is 35.6. The molecule has 4 heterocycles. The summed E-state index contributed by atoms with van der Waals surface area (Å²) in [6, 6.07) is 25.8. The Hall–Kier alpha value is -5.44. The van der Waals surface area contributed by atoms with Gasteiger partial charge >= 0.3 is 0 Å². The van der Waals surface area contributed by atoms with E-state index in [2.05, 4.69) is 5.10 Å². The number of non-ortho nitro benzene ring substituents is 1. The second-order valence-corrected chi connectivity index (χ2v) is 18.9. The first-order valence-electron chi connectivity index (χ1n) is 18.1. The van der Waals surface area contributed by atoms with Gasteiger partial charge in [0.25, 0.3) is 17.2 Å². The summed E-state index contributed by atoms with van der Waals surface area (Å²) in [5.74, 6) is -1.61. The number of para-hydroxylation sites is 1. The number of hydrogen-bond donors (Lipinski definition) is 2. The molecule has 0 radical (unpaired) electrons. The van der Waals surface area contributed by atoms with Crippen LogP contribution in [0.5, 0.6) is 0 Å². The fraction of sp³-hybridized carbons (Fsp3) is 0.325. The number of hydrogen-bond acceptors (Lipinski definition) is 7. The highest BCUT2D eigenvalue weighted by molar-refractivity contribution is 6.72. The highest BCUT2D eigenvalue weighted by Gasteiger charge is 2.67. The molecule has 1 fully saturated rings. The number of amides is 2. The second kappa shape index (κ2) is 13.1. The van der Waals surface area contributed by atoms with Gasteiger partial charge in [0.2, 0.25) is 14.3 Å². The number of aromatic nitrogens is 2. The van der Waals surface area contributed by atoms with Crippen LogP contribution in [-0.2, 0) is 39.4 Å². The number of H-pyrrole nitrogens is 1. The number of aliphatic hydroxyl groups is 1. The van der Waals surface area contributed by atoms with E-state index < -0.39 is 48.4 Å². The van der Waals surface area contributed by atoms with E-state index in [0.717, 1.165) is 11.1 Å². The second-order valence-electron chi connectivity index (χ2n) is 15.1. The molecule has 12 nitrogen and oxygen atoms in total. The Balaban J connectivity index is 1.16. The van der Waals surface area contributed by atoms with Gasteiger partial charge in [0.05, 0.1) is 58.9 Å². The molecule has 0 bridgehead atoms. The van der Waals surface area contributed by atoms with Gasteiger partial charge in [0.15, 0.2) is 5.60 Å². The Kier molecular flexibility index (Phi) is 8.66. The van der Waals surface area contributed by atoms with Crippen LogP contribution in [0.25, 0.3) is 16.6 Å². The number of fused-ring (bicyclic) bond motifs is 4. The van der Waals surface area contributed by atoms with Gasteiger partial charge in [-0.2, -0.15) is 0 Å². The van der Waals surface area contributed by atoms with Crippen LogP contribution in [0.3, 0.4) is 0 Å². The van der Waals surface area contributed by atoms with E-state index >= 15 is 4.11 Å². The summed E-state index contributed by atoms with van der Waals surface area (Å²) in [6.45, 7) is 4.86. The van der Waals surface area contributed by atoms with Gasteiger partial charge in [0.1, 0.15) is 0 Å². The van der Waals surface area contributed by atoms with E-state index in [0.29, 0.717) is 34.3 Å². The Labute approximate surface area is 311 Å². The number of nitro groups is 1. The number of nitro benzene ring substituents is 1. The highest BCUT2D eigenvalue weighted by atomic mass is 28.4. The Morgan fingerprint density at radius 1 is 1.04 bits per heavy atom. The summed E-state index contributed by atoms with van der Waals surface area (Å²) in [5, 5.41) is 26.0. The smallest absolute Gasteiger partial charge is 0.279 e. The summed E-state index contributed by atoms with van der Waals surface area (Å²) in [4.78, 5) is 57.0. The highest BCUT2D eigenvalue weighted by Crippen LogP contribution is 2.60. The van der Waals surface area contributed by atoms with Crippen LogP contribution in [0, 0.1) is 16.0 Å². The monoisotopic (exact) mass is 749 g/mol. The minimum atomic E-state index is -3.68. The van der Waals surface area contributed by atoms with E-state index in [4.69, 9.17) is 4.74 Å². The Morgan fingerprint density at radius 2 is 1.78 bits per heavy atom. The number of halogens is 1. The third kappa shape index (κ3) is 5.67. The minimum Gasteiger partial charge on any atom is -0.394 e. The molecular weight excluding hydrogens is 710 g/mol. The molecule has 2 N–H and O–H groups in total. The molecule has 1 aromatic heterocycles. The number of ether oxygens (including phenoxy) is 1. The lowest BCUT2D eigenvalue weighted by atomic mass is 9.82. The molecule has 5 atom stereocenters. The van der Waals surface area contributed by atoms with Gasteiger partial charge in [0, 0.05) is 35.7 Å². The van der Waals surface area contributed by atoms with Crippen molar-refractivity contribution in [3.63, 3.8) is 0 Å². The molecule has 1 spiro atoms. The molecule has 5 aromatic rings. The third-order valence-electron chi connectivity index (χ3n) is 11.5. The zero-order valence-electron chi connectivity index (χ0n) is 30.1. The maximum absolute atomic E-state index is 16.6. The van der Waals surface area contributed by atoms with Crippen molar-refractivity contribution in [3.8, 4) is 5.69 Å². The van der Waals surface area contributed by atoms with Gasteiger partial charge in [-0.3, -0.25) is 29.6 Å². The molecule has 0 unspecified atom stereocenters. The van der Waals surface area contributed by atoms with Crippen LogP contribution in [0.2, 0.25) is 18.6 Å². The maximum atomic E-state index is 16.6. The largest absolute Gasteiger partial charge is 0.394 e. The van der Waals surface area contributed by atoms with E-state index in [9.17, 15) is 29.6 Å². The number of carbonyl (C=O) groups is 2. The number of aromatic amines is 1. The SMILES string of the molecule is C[C@@H]1[C@@H]([Si](C)(C)F)[C@H](CC(=O)N2Cc3ccccc3C[C@H]2CO)O[C@@]12C(=O)N(Cc1cccc(-n3[nH]c4ccccc4c3=O)c1)c1ccc([N+](=O)[O-])cc12. The van der Waals surface area contributed by atoms with Crippen LogP contribution < -0.4 is 10.5 Å². The molecule has 14 heteroatoms. The van der Waals surface area contributed by atoms with Crippen molar-refractivity contribution in [3.05, 3.63) is 134 Å². The predicted molar refractivity (Wildman–Crippen MR) is 202 cm³/mol. The normalized spacial score (nSPS) is 23.6. The van der Waals surface area contributed by atoms with Crippen molar-refractivity contribution in [1.29, 1.82) is 0 Å². The van der Waals surface area contributed by atoms with Crippen LogP contribution in [0.1, 0.15) is 35.6 Å². The molecule has 8 rings (SSSR count). The van der Waals surface area contributed by atoms with E-state index in [1.165, 1.54) is 40.9 Å². The number of anilines is 1. The standard InChI is InChI=1S/C40H40FN5O7Si/c1-24-37(54(2,3)41)35(20-36(48)43-22-27-11-5-4-10-26(27)18-30(43)23-47)53-40(24)32-19-29(46(51)52)15-16-34(32)44(39(40)50)21-25-9-8-12-28(17-25)45-38(49)31-13-6-7-14-33(31)42-45/h4-17,19,24,30,35,37,42,47H,18,20-23H2,1-3H3/t24-,30+,35+,37-,40+/m1/s1. The number of rotatable bonds is 8. The van der Waals surface area contributed by atoms with Gasteiger partial charge in [-0.25, -0.2) is 4.68 Å². The van der Waals surface area contributed by atoms with Crippen molar-refractivity contribution in [2.75, 3.05) is 11.5 Å². The van der Waals surface area contributed by atoms with Crippen molar-refractivity contribution in [1.82, 2.24) is 14.7 Å². The first-order valence-corrected chi connectivity index (χ1v) is 21.0. The van der Waals surface area contributed by atoms with Gasteiger partial charge in [-0.1, -0.05) is 55.5 Å². The van der Waals surface area contributed by atoms with Crippen LogP contribution in [0.4, 0.5) is 15.5 Å². The minimum absolute atomic E-state index is 0.0281. The molecule has 54 heavy (non-hydrogen) atoms. The molecule has 3 aliphatic heterocycles. The third-order valence-corrected chi connectivity index (χ3v) is 14.0. The molecule has 2 amide bonds. The zero-order chi connectivity index (χ0) is 38.1. The average Bonchev–Trinajstić information content (AvgIpc) is 3.73. The van der Waals surface area contributed by atoms with E-state index in [1.807, 2.05) is 42.5 Å². The van der Waals surface area contributed by atoms with Crippen molar-refractivity contribution >= 4 is 42.5 Å². The predicted octanol–water partition coefficient (Wildman–Crippen LogP) is 5.88. The lowest BCUT2D eigenvalue weighted by Gasteiger charge is -2.37. The maximum Gasteiger partial charge on any atom is 0.279 e. The number of carbonyl (C=O) groups excluding carboxylic acids is 2. The van der Waals surface area contributed by atoms with Crippen molar-refractivity contribution in [2.24, 2.45) is 5.92 Å². The summed E-state index contributed by atoms with van der Waals surface area (Å²) >= 11 is 0. The van der Waals surface area contributed by atoms with Gasteiger partial charge < -0.3 is 23.8 Å². The van der Waals surface area contributed by atoms with Gasteiger partial charge in [-0.15, -0.1) is 0 Å². The summed E-state index contributed by atoms with van der Waals surface area (Å²) < 4.78 is 24.8. The quantitative estimate of drug-likeness (QED) is 0.0870. The lowest BCUT2D eigenvalue weighted by Crippen LogP contribution is -2.48. The first-order chi connectivity index (χ1) is 25.8.